The molecule has 6 nitrogen and oxygen atoms in total. The third kappa shape index (κ3) is 8.10. The summed E-state index contributed by atoms with van der Waals surface area (Å²) in [5.41, 5.74) is 6.88. The maximum atomic E-state index is 11.2. The molecule has 0 spiro atoms. The van der Waals surface area contributed by atoms with Gasteiger partial charge in [-0.1, -0.05) is 50.5 Å². The van der Waals surface area contributed by atoms with Crippen LogP contribution in [0.2, 0.25) is 0 Å². The van der Waals surface area contributed by atoms with Crippen LogP contribution in [0, 0.1) is 5.92 Å². The molecule has 7 heteroatoms. The molecule has 1 saturated heterocycles. The minimum Gasteiger partial charge on any atom is -0.550 e. The molecule has 2 fully saturated rings. The zero-order chi connectivity index (χ0) is 27.2. The van der Waals surface area contributed by atoms with Crippen molar-refractivity contribution in [3.8, 4) is 22.8 Å². The Morgan fingerprint density at radius 3 is 2.50 bits per heavy atom. The van der Waals surface area contributed by atoms with E-state index in [-0.39, 0.29) is 35.7 Å². The van der Waals surface area contributed by atoms with Crippen molar-refractivity contribution in [1.29, 1.82) is 0 Å². The van der Waals surface area contributed by atoms with Gasteiger partial charge in [-0.25, -0.2) is 4.98 Å². The van der Waals surface area contributed by atoms with E-state index in [0.717, 1.165) is 54.9 Å². The molecule has 3 heterocycles. The number of carbonyl (C=O) groups is 1. The van der Waals surface area contributed by atoms with Gasteiger partial charge in [0.05, 0.1) is 7.11 Å². The molecule has 2 unspecified atom stereocenters. The Morgan fingerprint density at radius 1 is 1.05 bits per heavy atom. The van der Waals surface area contributed by atoms with Crippen LogP contribution in [0.3, 0.4) is 0 Å². The SMILES string of the molecule is C1CC1.COc1cc(-c2ccc(C3CCc4ccc(CC(C)C(=O)[O-])cc4O3)c(CN3CCCC3)c2)ccn1.[Na+]. The molecule has 6 rings (SSSR count). The molecule has 0 radical (unpaired) electrons. The average molecular weight is 551 g/mol. The van der Waals surface area contributed by atoms with E-state index >= 15 is 0 Å². The number of methoxy groups -OCH3 is 1. The normalized spacial score (nSPS) is 18.3. The van der Waals surface area contributed by atoms with E-state index in [9.17, 15) is 9.90 Å². The number of nitrogens with zero attached hydrogens (tertiary/aromatic N) is 2. The van der Waals surface area contributed by atoms with Crippen LogP contribution in [0.1, 0.15) is 73.8 Å². The first kappa shape index (κ1) is 30.6. The zero-order valence-corrected chi connectivity index (χ0v) is 26.2. The number of aromatic nitrogens is 1. The summed E-state index contributed by atoms with van der Waals surface area (Å²) >= 11 is 0. The van der Waals surface area contributed by atoms with Crippen LogP contribution in [0.4, 0.5) is 0 Å². The second-order valence-electron chi connectivity index (χ2n) is 11.1. The number of fused-ring (bicyclic) bond motifs is 1. The Kier molecular flexibility index (Phi) is 11.1. The number of carboxylic acids is 1. The number of aliphatic carboxylic acids is 1. The fourth-order valence-corrected chi connectivity index (χ4v) is 5.32. The van der Waals surface area contributed by atoms with Gasteiger partial charge in [-0.15, -0.1) is 0 Å². The van der Waals surface area contributed by atoms with Crippen LogP contribution in [0.25, 0.3) is 11.1 Å². The summed E-state index contributed by atoms with van der Waals surface area (Å²) in [4.78, 5) is 18.0. The van der Waals surface area contributed by atoms with E-state index in [4.69, 9.17) is 9.47 Å². The molecule has 3 aliphatic rings. The van der Waals surface area contributed by atoms with Gasteiger partial charge in [0.25, 0.3) is 0 Å². The summed E-state index contributed by atoms with van der Waals surface area (Å²) in [6, 6.07) is 16.8. The van der Waals surface area contributed by atoms with Gasteiger partial charge in [0.15, 0.2) is 0 Å². The number of pyridine rings is 1. The van der Waals surface area contributed by atoms with Crippen LogP contribution < -0.4 is 44.1 Å². The molecular formula is C33H39N2NaO4. The van der Waals surface area contributed by atoms with Crippen molar-refractivity contribution in [2.45, 2.75) is 70.9 Å². The third-order valence-corrected chi connectivity index (χ3v) is 7.73. The van der Waals surface area contributed by atoms with Crippen LogP contribution in [0.5, 0.6) is 11.6 Å². The fraction of sp³-hybridized carbons (Fsp3) is 0.455. The number of benzene rings is 2. The van der Waals surface area contributed by atoms with Crippen molar-refractivity contribution < 1.29 is 48.9 Å². The second-order valence-corrected chi connectivity index (χ2v) is 11.1. The van der Waals surface area contributed by atoms with Gasteiger partial charge in [0, 0.05) is 24.8 Å². The molecule has 1 aromatic heterocycles. The predicted molar refractivity (Wildman–Crippen MR) is 151 cm³/mol. The minimum absolute atomic E-state index is 0. The van der Waals surface area contributed by atoms with E-state index in [1.807, 2.05) is 24.3 Å². The topological polar surface area (TPSA) is 74.7 Å². The maximum Gasteiger partial charge on any atom is 1.00 e. The molecule has 1 aliphatic carbocycles. The Bertz CT molecular complexity index is 1290. The van der Waals surface area contributed by atoms with Crippen molar-refractivity contribution in [3.05, 3.63) is 77.0 Å². The van der Waals surface area contributed by atoms with Gasteiger partial charge >= 0.3 is 29.6 Å². The average Bonchev–Trinajstić information content (AvgIpc) is 3.76. The monoisotopic (exact) mass is 550 g/mol. The van der Waals surface area contributed by atoms with Crippen LogP contribution in [-0.4, -0.2) is 36.1 Å². The molecule has 40 heavy (non-hydrogen) atoms. The maximum absolute atomic E-state index is 11.2. The molecule has 2 atom stereocenters. The zero-order valence-electron chi connectivity index (χ0n) is 24.2. The summed E-state index contributed by atoms with van der Waals surface area (Å²) in [6.07, 6.45) is 11.0. The van der Waals surface area contributed by atoms with E-state index in [1.54, 1.807) is 20.2 Å². The number of carboxylic acid groups (broad SMARTS) is 1. The number of hydrogen-bond donors (Lipinski definition) is 0. The molecule has 3 aromatic rings. The molecular weight excluding hydrogens is 511 g/mol. The van der Waals surface area contributed by atoms with Gasteiger partial charge < -0.3 is 19.4 Å². The first-order valence-corrected chi connectivity index (χ1v) is 14.3. The molecule has 0 bridgehead atoms. The van der Waals surface area contributed by atoms with Gasteiger partial charge in [-0.3, -0.25) is 4.90 Å². The van der Waals surface area contributed by atoms with Crippen molar-refractivity contribution in [2.75, 3.05) is 20.2 Å². The third-order valence-electron chi connectivity index (χ3n) is 7.73. The summed E-state index contributed by atoms with van der Waals surface area (Å²) in [6.45, 7) is 4.84. The van der Waals surface area contributed by atoms with E-state index in [0.29, 0.717) is 12.3 Å². The fourth-order valence-electron chi connectivity index (χ4n) is 5.32. The molecule has 0 N–H and O–H groups in total. The standard InChI is InChI=1S/C30H34N2O4.C3H6.Na/c1-20(30(33)34)15-21-5-6-22-8-10-27(36-28(22)16-21)26-9-7-23(24-11-12-31-29(18-24)35-2)17-25(26)19-32-13-3-4-14-32;1-2-3-1;/h5-7,9,11-12,16-18,20,27H,3-4,8,10,13-15,19H2,1-2H3,(H,33,34);1-3H2;/q;;+1/p-1. The minimum atomic E-state index is -1.02. The van der Waals surface area contributed by atoms with Crippen LogP contribution in [0.15, 0.2) is 54.7 Å². The first-order valence-electron chi connectivity index (χ1n) is 14.3. The summed E-state index contributed by atoms with van der Waals surface area (Å²) < 4.78 is 11.9. The van der Waals surface area contributed by atoms with Crippen molar-refractivity contribution in [2.24, 2.45) is 5.92 Å². The molecule has 0 amide bonds. The van der Waals surface area contributed by atoms with Gasteiger partial charge in [-0.2, -0.15) is 0 Å². The number of likely N-dealkylation sites (tertiary alicyclic amines) is 1. The molecule has 1 saturated carbocycles. The van der Waals surface area contributed by atoms with Crippen LogP contribution in [-0.2, 0) is 24.2 Å². The van der Waals surface area contributed by atoms with Crippen molar-refractivity contribution >= 4 is 5.97 Å². The quantitative estimate of drug-likeness (QED) is 0.402. The Morgan fingerprint density at radius 2 is 1.80 bits per heavy atom. The smallest absolute Gasteiger partial charge is 0.550 e. The van der Waals surface area contributed by atoms with Crippen molar-refractivity contribution in [1.82, 2.24) is 9.88 Å². The number of ether oxygens (including phenoxy) is 2. The number of carbonyl (C=O) groups excluding carboxylic acids is 1. The number of aryl methyl sites for hydroxylation is 1. The Hall–Kier alpha value is -2.38. The first-order chi connectivity index (χ1) is 19.0. The van der Waals surface area contributed by atoms with Gasteiger partial charge in [0.1, 0.15) is 11.9 Å². The Balaban J connectivity index is 0.000000867. The Labute approximate surface area is 260 Å². The van der Waals surface area contributed by atoms with Crippen LogP contribution >= 0.6 is 0 Å². The van der Waals surface area contributed by atoms with Gasteiger partial charge in [-0.05, 0) is 103 Å². The summed E-state index contributed by atoms with van der Waals surface area (Å²) in [5.74, 6) is -0.0862. The molecule has 206 valence electrons. The summed E-state index contributed by atoms with van der Waals surface area (Å²) in [7, 11) is 1.64. The predicted octanol–water partition coefficient (Wildman–Crippen LogP) is 2.52. The van der Waals surface area contributed by atoms with Gasteiger partial charge in [0.2, 0.25) is 5.88 Å². The van der Waals surface area contributed by atoms with E-state index in [2.05, 4.69) is 34.1 Å². The molecule has 2 aromatic carbocycles. The van der Waals surface area contributed by atoms with E-state index < -0.39 is 11.9 Å². The summed E-state index contributed by atoms with van der Waals surface area (Å²) in [5, 5.41) is 11.2. The van der Waals surface area contributed by atoms with E-state index in [1.165, 1.54) is 48.8 Å². The molecule has 2 aliphatic heterocycles. The van der Waals surface area contributed by atoms with Crippen molar-refractivity contribution in [3.63, 3.8) is 0 Å². The largest absolute Gasteiger partial charge is 1.00 e. The number of hydrogen-bond acceptors (Lipinski definition) is 6. The second kappa shape index (κ2) is 14.5. The number of rotatable bonds is 8.